The highest BCUT2D eigenvalue weighted by Gasteiger charge is 2.55. The molecule has 0 amide bonds. The second-order valence-electron chi connectivity index (χ2n) is 7.31. The Morgan fingerprint density at radius 2 is 1.92 bits per heavy atom. The Hall–Kier alpha value is -1.66. The van der Waals surface area contributed by atoms with E-state index in [1.165, 1.54) is 0 Å². The number of alkyl halides is 1. The summed E-state index contributed by atoms with van der Waals surface area (Å²) in [5, 5.41) is 9.59. The van der Waals surface area contributed by atoms with Crippen molar-refractivity contribution in [2.24, 2.45) is 0 Å². The van der Waals surface area contributed by atoms with Crippen molar-refractivity contribution in [3.8, 4) is 5.75 Å². The van der Waals surface area contributed by atoms with Crippen LogP contribution < -0.4 is 4.74 Å². The third kappa shape index (κ3) is 3.71. The number of carboxylic acid groups (broad SMARTS) is 1. The van der Waals surface area contributed by atoms with Crippen LogP contribution in [0.25, 0.3) is 0 Å². The van der Waals surface area contributed by atoms with Crippen LogP contribution in [0, 0.1) is 0 Å². The standard InChI is InChI=1S/C20H28FNO4/c1-3-26-17-10-6-15(7-11-17)22-12-18(20(21,13-22)19(23)24)14-4-8-16(25-2)9-5-14/h4-5,8-9,15,17-18H,3,6-7,10-13H2,1-2H3,(H,23,24)/t15-,17+,18-,20-/m0/s1. The summed E-state index contributed by atoms with van der Waals surface area (Å²) in [4.78, 5) is 13.8. The van der Waals surface area contributed by atoms with Crippen LogP contribution in [0.5, 0.6) is 5.75 Å². The monoisotopic (exact) mass is 365 g/mol. The van der Waals surface area contributed by atoms with E-state index in [0.29, 0.717) is 24.5 Å². The average molecular weight is 365 g/mol. The Morgan fingerprint density at radius 1 is 1.27 bits per heavy atom. The van der Waals surface area contributed by atoms with Gasteiger partial charge in [0.15, 0.2) is 0 Å². The quantitative estimate of drug-likeness (QED) is 0.839. The summed E-state index contributed by atoms with van der Waals surface area (Å²) in [5.41, 5.74) is -1.55. The molecule has 144 valence electrons. The summed E-state index contributed by atoms with van der Waals surface area (Å²) in [6.07, 6.45) is 4.04. The smallest absolute Gasteiger partial charge is 0.343 e. The van der Waals surface area contributed by atoms with Gasteiger partial charge in [-0.15, -0.1) is 0 Å². The van der Waals surface area contributed by atoms with Crippen molar-refractivity contribution >= 4 is 5.97 Å². The average Bonchev–Trinajstić information content (AvgIpc) is 3.02. The maximum atomic E-state index is 15.5. The molecule has 1 aliphatic heterocycles. The van der Waals surface area contributed by atoms with Crippen LogP contribution in [0.3, 0.4) is 0 Å². The van der Waals surface area contributed by atoms with Gasteiger partial charge in [0.25, 0.3) is 0 Å². The molecule has 1 heterocycles. The number of ether oxygens (including phenoxy) is 2. The number of hydrogen-bond acceptors (Lipinski definition) is 4. The van der Waals surface area contributed by atoms with Crippen molar-refractivity contribution in [2.45, 2.75) is 56.3 Å². The van der Waals surface area contributed by atoms with Crippen molar-refractivity contribution in [1.82, 2.24) is 4.90 Å². The van der Waals surface area contributed by atoms with E-state index < -0.39 is 17.6 Å². The Bertz CT molecular complexity index is 615. The first-order chi connectivity index (χ1) is 12.5. The number of likely N-dealkylation sites (tertiary alicyclic amines) is 1. The van der Waals surface area contributed by atoms with Gasteiger partial charge in [-0.05, 0) is 50.3 Å². The van der Waals surface area contributed by atoms with Gasteiger partial charge in [-0.2, -0.15) is 0 Å². The molecule has 3 rings (SSSR count). The Balaban J connectivity index is 1.74. The van der Waals surface area contributed by atoms with Crippen molar-refractivity contribution < 1.29 is 23.8 Å². The molecule has 0 spiro atoms. The number of methoxy groups -OCH3 is 1. The topological polar surface area (TPSA) is 59.0 Å². The number of benzene rings is 1. The zero-order valence-corrected chi connectivity index (χ0v) is 15.5. The fourth-order valence-electron chi connectivity index (χ4n) is 4.36. The van der Waals surface area contributed by atoms with E-state index in [2.05, 4.69) is 0 Å². The van der Waals surface area contributed by atoms with Crippen LogP contribution in [-0.4, -0.2) is 60.6 Å². The van der Waals surface area contributed by atoms with E-state index in [0.717, 1.165) is 25.7 Å². The SMILES string of the molecule is CCO[C@H]1CC[C@@H](N2C[C@@H](c3ccc(OC)cc3)[C@](F)(C(=O)O)C2)CC1. The molecule has 2 aliphatic rings. The summed E-state index contributed by atoms with van der Waals surface area (Å²) in [7, 11) is 1.57. The molecule has 0 aromatic heterocycles. The lowest BCUT2D eigenvalue weighted by atomic mass is 9.86. The first-order valence-corrected chi connectivity index (χ1v) is 9.39. The van der Waals surface area contributed by atoms with Gasteiger partial charge < -0.3 is 14.6 Å². The molecule has 0 bridgehead atoms. The van der Waals surface area contributed by atoms with E-state index >= 15 is 4.39 Å². The predicted molar refractivity (Wildman–Crippen MR) is 96.5 cm³/mol. The minimum absolute atomic E-state index is 0.0526. The highest BCUT2D eigenvalue weighted by Crippen LogP contribution is 2.42. The first kappa shape index (κ1) is 19.1. The Kier molecular flexibility index (Phi) is 5.82. The van der Waals surface area contributed by atoms with Crippen LogP contribution in [-0.2, 0) is 9.53 Å². The molecule has 0 radical (unpaired) electrons. The second kappa shape index (κ2) is 7.92. The lowest BCUT2D eigenvalue weighted by Gasteiger charge is -2.34. The van der Waals surface area contributed by atoms with Crippen molar-refractivity contribution in [1.29, 1.82) is 0 Å². The van der Waals surface area contributed by atoms with Crippen LogP contribution in [0.1, 0.15) is 44.1 Å². The summed E-state index contributed by atoms with van der Waals surface area (Å²) in [6, 6.07) is 7.29. The molecule has 1 aromatic rings. The normalized spacial score (nSPS) is 32.5. The molecule has 1 aliphatic carbocycles. The van der Waals surface area contributed by atoms with Crippen molar-refractivity contribution in [2.75, 3.05) is 26.8 Å². The van der Waals surface area contributed by atoms with Crippen molar-refractivity contribution in [3.63, 3.8) is 0 Å². The van der Waals surface area contributed by atoms with Gasteiger partial charge in [0.2, 0.25) is 5.67 Å². The van der Waals surface area contributed by atoms with Crippen LogP contribution >= 0.6 is 0 Å². The summed E-state index contributed by atoms with van der Waals surface area (Å²) in [6.45, 7) is 3.09. The number of carbonyl (C=O) groups is 1. The van der Waals surface area contributed by atoms with Gasteiger partial charge in [-0.3, -0.25) is 4.90 Å². The first-order valence-electron chi connectivity index (χ1n) is 9.39. The van der Waals surface area contributed by atoms with E-state index in [9.17, 15) is 9.90 Å². The van der Waals surface area contributed by atoms with E-state index in [4.69, 9.17) is 9.47 Å². The highest BCUT2D eigenvalue weighted by molar-refractivity contribution is 5.80. The van der Waals surface area contributed by atoms with Gasteiger partial charge in [0, 0.05) is 31.7 Å². The molecular formula is C20H28FNO4. The molecule has 1 aromatic carbocycles. The summed E-state index contributed by atoms with van der Waals surface area (Å²) < 4.78 is 26.3. The lowest BCUT2D eigenvalue weighted by Crippen LogP contribution is -2.43. The third-order valence-corrected chi connectivity index (χ3v) is 5.84. The molecule has 1 saturated heterocycles. The molecular weight excluding hydrogens is 337 g/mol. The molecule has 6 heteroatoms. The minimum Gasteiger partial charge on any atom is -0.497 e. The lowest BCUT2D eigenvalue weighted by molar-refractivity contribution is -0.151. The second-order valence-corrected chi connectivity index (χ2v) is 7.31. The van der Waals surface area contributed by atoms with Gasteiger partial charge in [-0.25, -0.2) is 9.18 Å². The molecule has 1 saturated carbocycles. The number of halogens is 1. The van der Waals surface area contributed by atoms with Gasteiger partial charge in [0.1, 0.15) is 5.75 Å². The number of hydrogen-bond donors (Lipinski definition) is 1. The van der Waals surface area contributed by atoms with Crippen LogP contribution in [0.4, 0.5) is 4.39 Å². The Labute approximate surface area is 154 Å². The highest BCUT2D eigenvalue weighted by atomic mass is 19.1. The number of aliphatic carboxylic acids is 1. The van der Waals surface area contributed by atoms with E-state index in [1.54, 1.807) is 31.4 Å². The largest absolute Gasteiger partial charge is 0.497 e. The van der Waals surface area contributed by atoms with E-state index in [1.807, 2.05) is 11.8 Å². The molecule has 1 N–H and O–H groups in total. The summed E-state index contributed by atoms with van der Waals surface area (Å²) >= 11 is 0. The van der Waals surface area contributed by atoms with Gasteiger partial charge in [0.05, 0.1) is 13.2 Å². The molecule has 2 fully saturated rings. The number of carboxylic acids is 1. The Morgan fingerprint density at radius 3 is 2.46 bits per heavy atom. The number of rotatable bonds is 6. The summed E-state index contributed by atoms with van der Waals surface area (Å²) in [5.74, 6) is -1.36. The van der Waals surface area contributed by atoms with Crippen LogP contribution in [0.15, 0.2) is 24.3 Å². The maximum Gasteiger partial charge on any atom is 0.343 e. The van der Waals surface area contributed by atoms with E-state index in [-0.39, 0.29) is 18.7 Å². The van der Waals surface area contributed by atoms with Gasteiger partial charge in [-0.1, -0.05) is 12.1 Å². The molecule has 0 unspecified atom stereocenters. The minimum atomic E-state index is -2.26. The third-order valence-electron chi connectivity index (χ3n) is 5.84. The zero-order valence-electron chi connectivity index (χ0n) is 15.5. The molecule has 2 atom stereocenters. The zero-order chi connectivity index (χ0) is 18.7. The molecule has 26 heavy (non-hydrogen) atoms. The predicted octanol–water partition coefficient (Wildman–Crippen LogP) is 3.24. The van der Waals surface area contributed by atoms with Crippen molar-refractivity contribution in [3.05, 3.63) is 29.8 Å². The fourth-order valence-corrected chi connectivity index (χ4v) is 4.36. The molecule has 5 nitrogen and oxygen atoms in total. The fraction of sp³-hybridized carbons (Fsp3) is 0.650. The maximum absolute atomic E-state index is 15.5. The van der Waals surface area contributed by atoms with Crippen LogP contribution in [0.2, 0.25) is 0 Å². The van der Waals surface area contributed by atoms with Gasteiger partial charge >= 0.3 is 5.97 Å². The number of nitrogens with zero attached hydrogens (tertiary/aromatic N) is 1.